The molecule has 4 heterocycles. The number of benzene rings is 2. The van der Waals surface area contributed by atoms with Gasteiger partial charge in [-0.25, -0.2) is 20.0 Å². The number of hydrogen-bond donors (Lipinski definition) is 0. The number of pyridine rings is 2. The molecule has 0 N–H and O–H groups in total. The van der Waals surface area contributed by atoms with Gasteiger partial charge >= 0.3 is 0 Å². The maximum absolute atomic E-state index is 6.46. The quantitative estimate of drug-likeness (QED) is 0.201. The minimum atomic E-state index is -0.153. The van der Waals surface area contributed by atoms with Crippen LogP contribution in [0.1, 0.15) is 29.8 Å². The van der Waals surface area contributed by atoms with Crippen LogP contribution in [0.25, 0.3) is 0 Å². The van der Waals surface area contributed by atoms with Crippen molar-refractivity contribution in [3.63, 3.8) is 0 Å². The minimum absolute atomic E-state index is 0.0307. The zero-order chi connectivity index (χ0) is 26.3. The van der Waals surface area contributed by atoms with E-state index in [1.54, 1.807) is 23.5 Å². The molecule has 2 aromatic heterocycles. The van der Waals surface area contributed by atoms with Crippen molar-refractivity contribution in [2.45, 2.75) is 40.8 Å². The van der Waals surface area contributed by atoms with Crippen LogP contribution in [-0.2, 0) is 9.47 Å². The molecule has 196 valence electrons. The highest BCUT2D eigenvalue weighted by molar-refractivity contribution is 7.99. The van der Waals surface area contributed by atoms with Gasteiger partial charge in [0.1, 0.15) is 24.3 Å². The zero-order valence-electron chi connectivity index (χ0n) is 21.2. The monoisotopic (exact) mass is 552 g/mol. The molecule has 0 bridgehead atoms. The number of ether oxygens (including phenoxy) is 2. The summed E-state index contributed by atoms with van der Waals surface area (Å²) in [5.74, 6) is 2.87. The first-order valence-electron chi connectivity index (χ1n) is 13.0. The van der Waals surface area contributed by atoms with Gasteiger partial charge in [0.25, 0.3) is 0 Å². The van der Waals surface area contributed by atoms with E-state index in [2.05, 4.69) is 34.2 Å². The van der Waals surface area contributed by atoms with Gasteiger partial charge in [0.15, 0.2) is 11.8 Å². The Labute approximate surface area is 237 Å². The normalized spacial score (nSPS) is 22.1. The Bertz CT molecular complexity index is 1300. The van der Waals surface area contributed by atoms with Crippen LogP contribution < -0.4 is 0 Å². The third-order valence-corrected chi connectivity index (χ3v) is 8.57. The fourth-order valence-corrected chi connectivity index (χ4v) is 6.44. The lowest BCUT2D eigenvalue weighted by molar-refractivity contribution is 0.189. The highest BCUT2D eigenvalue weighted by Gasteiger charge is 2.37. The Morgan fingerprint density at radius 2 is 0.974 bits per heavy atom. The number of rotatable bonds is 10. The van der Waals surface area contributed by atoms with Gasteiger partial charge in [-0.05, 0) is 35.4 Å². The van der Waals surface area contributed by atoms with Gasteiger partial charge in [0.05, 0.1) is 16.5 Å². The van der Waals surface area contributed by atoms with Crippen molar-refractivity contribution in [2.24, 2.45) is 9.98 Å². The van der Waals surface area contributed by atoms with Gasteiger partial charge in [-0.15, -0.1) is 23.5 Å². The van der Waals surface area contributed by atoms with Crippen LogP contribution in [0.2, 0.25) is 0 Å². The number of thioether (sulfide) groups is 2. The SMILES string of the molecule is c1ccc([C@@H]2OC(CC3=N[C@@H](CSc4ccccn4)[C@H](c4ccccc4)O3)=N[C@H]2CSc2ccccn2)cc1. The molecule has 0 fully saturated rings. The van der Waals surface area contributed by atoms with E-state index in [9.17, 15) is 0 Å². The average Bonchev–Trinajstić information content (AvgIpc) is 3.61. The van der Waals surface area contributed by atoms with Crippen LogP contribution in [0.3, 0.4) is 0 Å². The van der Waals surface area contributed by atoms with Gasteiger partial charge in [-0.3, -0.25) is 0 Å². The molecule has 0 radical (unpaired) electrons. The molecular formula is C31H28N4O2S2. The van der Waals surface area contributed by atoms with Crippen LogP contribution in [0, 0.1) is 0 Å². The summed E-state index contributed by atoms with van der Waals surface area (Å²) < 4.78 is 12.9. The first-order chi connectivity index (χ1) is 19.3. The average molecular weight is 553 g/mol. The summed E-state index contributed by atoms with van der Waals surface area (Å²) >= 11 is 3.39. The van der Waals surface area contributed by atoms with Crippen molar-refractivity contribution in [1.29, 1.82) is 0 Å². The van der Waals surface area contributed by atoms with Crippen LogP contribution in [0.4, 0.5) is 0 Å². The zero-order valence-corrected chi connectivity index (χ0v) is 22.9. The van der Waals surface area contributed by atoms with E-state index in [4.69, 9.17) is 19.5 Å². The molecule has 6 nitrogen and oxygen atoms in total. The molecule has 0 saturated carbocycles. The van der Waals surface area contributed by atoms with E-state index in [0.717, 1.165) is 32.7 Å². The second-order valence-corrected chi connectivity index (χ2v) is 11.3. The van der Waals surface area contributed by atoms with E-state index in [-0.39, 0.29) is 24.3 Å². The molecule has 0 unspecified atom stereocenters. The number of hydrogen-bond acceptors (Lipinski definition) is 8. The molecule has 4 aromatic rings. The Hall–Kier alpha value is -3.62. The smallest absolute Gasteiger partial charge is 0.193 e. The Kier molecular flexibility index (Phi) is 8.21. The molecule has 4 atom stereocenters. The molecule has 6 rings (SSSR count). The van der Waals surface area contributed by atoms with Crippen molar-refractivity contribution in [2.75, 3.05) is 11.5 Å². The lowest BCUT2D eigenvalue weighted by Gasteiger charge is -2.18. The van der Waals surface area contributed by atoms with Crippen molar-refractivity contribution in [3.8, 4) is 0 Å². The van der Waals surface area contributed by atoms with Crippen LogP contribution >= 0.6 is 23.5 Å². The molecule has 0 aliphatic carbocycles. The molecule has 8 heteroatoms. The highest BCUT2D eigenvalue weighted by Crippen LogP contribution is 2.36. The standard InChI is InChI=1S/C31H28N4O2S2/c1-3-11-22(12-4-1)30-24(20-38-28-15-7-9-17-32-28)34-26(36-30)19-27-35-25(21-39-29-16-8-10-18-33-29)31(37-27)23-13-5-2-6-14-23/h1-18,24-25,30-31H,19-21H2/t24-,25-,30-,31-/m0/s1. The van der Waals surface area contributed by atoms with Crippen molar-refractivity contribution in [1.82, 2.24) is 9.97 Å². The molecule has 0 saturated heterocycles. The van der Waals surface area contributed by atoms with Gasteiger partial charge in [-0.2, -0.15) is 0 Å². The number of aliphatic imine (C=N–C) groups is 2. The second kappa shape index (κ2) is 12.5. The lowest BCUT2D eigenvalue weighted by Crippen LogP contribution is -2.17. The molecule has 2 aromatic carbocycles. The van der Waals surface area contributed by atoms with E-state index in [1.165, 1.54) is 0 Å². The molecule has 0 spiro atoms. The topological polar surface area (TPSA) is 69.0 Å². The van der Waals surface area contributed by atoms with E-state index < -0.39 is 0 Å². The third-order valence-electron chi connectivity index (χ3n) is 6.48. The summed E-state index contributed by atoms with van der Waals surface area (Å²) in [6.07, 6.45) is 3.76. The summed E-state index contributed by atoms with van der Waals surface area (Å²) in [6.45, 7) is 0. The fraction of sp³-hybridized carbons (Fsp3) is 0.226. The van der Waals surface area contributed by atoms with Crippen LogP contribution in [-0.4, -0.2) is 45.4 Å². The molecule has 2 aliphatic heterocycles. The maximum Gasteiger partial charge on any atom is 0.193 e. The van der Waals surface area contributed by atoms with Crippen molar-refractivity contribution >= 4 is 35.3 Å². The molecule has 0 amide bonds. The third kappa shape index (κ3) is 6.52. The van der Waals surface area contributed by atoms with E-state index in [0.29, 0.717) is 18.2 Å². The fourth-order valence-electron chi connectivity index (χ4n) is 4.64. The van der Waals surface area contributed by atoms with E-state index >= 15 is 0 Å². The molecule has 39 heavy (non-hydrogen) atoms. The number of nitrogens with zero attached hydrogens (tertiary/aromatic N) is 4. The molecule has 2 aliphatic rings. The predicted octanol–water partition coefficient (Wildman–Crippen LogP) is 6.83. The van der Waals surface area contributed by atoms with Crippen molar-refractivity contribution < 1.29 is 9.47 Å². The number of aromatic nitrogens is 2. The van der Waals surface area contributed by atoms with Crippen LogP contribution in [0.15, 0.2) is 129 Å². The molecular weight excluding hydrogens is 525 g/mol. The Balaban J connectivity index is 1.19. The van der Waals surface area contributed by atoms with E-state index in [1.807, 2.05) is 85.2 Å². The summed E-state index contributed by atoms with van der Waals surface area (Å²) in [7, 11) is 0. The van der Waals surface area contributed by atoms with Gasteiger partial charge in [0.2, 0.25) is 0 Å². The lowest BCUT2D eigenvalue weighted by atomic mass is 10.0. The second-order valence-electron chi connectivity index (χ2n) is 9.21. The largest absolute Gasteiger partial charge is 0.470 e. The minimum Gasteiger partial charge on any atom is -0.470 e. The Morgan fingerprint density at radius 1 is 0.538 bits per heavy atom. The van der Waals surface area contributed by atoms with Gasteiger partial charge in [-0.1, -0.05) is 72.8 Å². The maximum atomic E-state index is 6.46. The van der Waals surface area contributed by atoms with Crippen LogP contribution in [0.5, 0.6) is 0 Å². The summed E-state index contributed by atoms with van der Waals surface area (Å²) in [6, 6.07) is 32.4. The summed E-state index contributed by atoms with van der Waals surface area (Å²) in [5, 5.41) is 1.96. The summed E-state index contributed by atoms with van der Waals surface area (Å²) in [5.41, 5.74) is 2.23. The van der Waals surface area contributed by atoms with Gasteiger partial charge < -0.3 is 9.47 Å². The van der Waals surface area contributed by atoms with Gasteiger partial charge in [0, 0.05) is 23.9 Å². The van der Waals surface area contributed by atoms with Crippen molar-refractivity contribution in [3.05, 3.63) is 121 Å². The first kappa shape index (κ1) is 25.6. The highest BCUT2D eigenvalue weighted by atomic mass is 32.2. The first-order valence-corrected chi connectivity index (χ1v) is 14.9. The predicted molar refractivity (Wildman–Crippen MR) is 158 cm³/mol. The summed E-state index contributed by atoms with van der Waals surface area (Å²) in [4.78, 5) is 18.9. The Morgan fingerprint density at radius 3 is 1.38 bits per heavy atom.